The summed E-state index contributed by atoms with van der Waals surface area (Å²) in [6.07, 6.45) is 4.11. The van der Waals surface area contributed by atoms with E-state index in [0.717, 1.165) is 16.5 Å². The average molecular weight is 600 g/mol. The van der Waals surface area contributed by atoms with E-state index in [1.807, 2.05) is 42.5 Å². The second kappa shape index (κ2) is 10.9. The Balaban J connectivity index is 1.57. The molecule has 2 aromatic rings. The van der Waals surface area contributed by atoms with Gasteiger partial charge >= 0.3 is 5.97 Å². The van der Waals surface area contributed by atoms with Crippen molar-refractivity contribution >= 4 is 61.9 Å². The molecule has 3 fully saturated rings. The van der Waals surface area contributed by atoms with Crippen LogP contribution in [0.15, 0.2) is 67.8 Å². The standard InChI is InChI=1S/C29H31BrN2O5S/c1-3-12-31(20-11-10-18-8-5-6-9-19(18)16-20)27(35)25-29-17-21(30)24(38-29)22(28(36)37-15-4-2)23(29)26(34)32(25)13-7-14-33/h3-6,8-11,16,21-25,33H,1-2,7,12-15,17H2/t21?,22-,23-,24-,25?,29?/m0/s1. The molecule has 3 heterocycles. The third kappa shape index (κ3) is 4.28. The number of benzene rings is 2. The molecule has 0 aromatic heterocycles. The Bertz CT molecular complexity index is 1290. The number of fused-ring (bicyclic) bond motifs is 2. The first-order valence-electron chi connectivity index (χ1n) is 12.8. The van der Waals surface area contributed by atoms with Gasteiger partial charge in [-0.3, -0.25) is 14.4 Å². The zero-order valence-electron chi connectivity index (χ0n) is 21.0. The molecule has 7 nitrogen and oxygen atoms in total. The van der Waals surface area contributed by atoms with Crippen molar-refractivity contribution in [2.24, 2.45) is 11.8 Å². The van der Waals surface area contributed by atoms with Gasteiger partial charge in [-0.05, 0) is 35.7 Å². The number of nitrogens with zero attached hydrogens (tertiary/aromatic N) is 2. The molecular formula is C29H31BrN2O5S. The van der Waals surface area contributed by atoms with Crippen LogP contribution in [0.3, 0.4) is 0 Å². The Morgan fingerprint density at radius 2 is 1.97 bits per heavy atom. The minimum atomic E-state index is -0.787. The quantitative estimate of drug-likeness (QED) is 0.253. The number of aliphatic hydroxyl groups excluding tert-OH is 1. The molecular weight excluding hydrogens is 568 g/mol. The second-order valence-corrected chi connectivity index (χ2v) is 12.7. The number of rotatable bonds is 10. The van der Waals surface area contributed by atoms with Crippen LogP contribution in [0.1, 0.15) is 12.8 Å². The highest BCUT2D eigenvalue weighted by Crippen LogP contribution is 2.68. The van der Waals surface area contributed by atoms with Gasteiger partial charge < -0.3 is 19.6 Å². The normalized spacial score (nSPS) is 29.4. The molecule has 0 aliphatic carbocycles. The molecule has 2 amide bonds. The summed E-state index contributed by atoms with van der Waals surface area (Å²) in [6, 6.07) is 13.0. The number of carbonyl (C=O) groups is 3. The SMILES string of the molecule is C=CCOC(=O)[C@H]1[C@H]2C(=O)N(CCCO)C(C(=O)N(CC=C)c3ccc4ccccc4c3)C23CC(Br)[C@@H]1S3. The lowest BCUT2D eigenvalue weighted by Crippen LogP contribution is -2.55. The van der Waals surface area contributed by atoms with Gasteiger partial charge in [0.25, 0.3) is 5.91 Å². The maximum atomic E-state index is 14.5. The minimum absolute atomic E-state index is 0.0422. The fourth-order valence-electron chi connectivity index (χ4n) is 6.34. The van der Waals surface area contributed by atoms with Gasteiger partial charge in [-0.15, -0.1) is 18.3 Å². The van der Waals surface area contributed by atoms with Crippen molar-refractivity contribution in [2.75, 3.05) is 31.2 Å². The predicted octanol–water partition coefficient (Wildman–Crippen LogP) is 3.94. The van der Waals surface area contributed by atoms with Crippen molar-refractivity contribution in [3.8, 4) is 0 Å². The Morgan fingerprint density at radius 3 is 2.68 bits per heavy atom. The molecule has 1 N–H and O–H groups in total. The van der Waals surface area contributed by atoms with Crippen LogP contribution in [-0.4, -0.2) is 75.0 Å². The summed E-state index contributed by atoms with van der Waals surface area (Å²) in [6.45, 7) is 7.96. The van der Waals surface area contributed by atoms with Crippen LogP contribution in [0, 0.1) is 11.8 Å². The Kier molecular flexibility index (Phi) is 7.71. The number of carbonyl (C=O) groups excluding carboxylic acids is 3. The number of esters is 1. The zero-order chi connectivity index (χ0) is 27.0. The second-order valence-electron chi connectivity index (χ2n) is 9.96. The van der Waals surface area contributed by atoms with Gasteiger partial charge in [0.15, 0.2) is 0 Å². The van der Waals surface area contributed by atoms with E-state index in [1.165, 1.54) is 6.08 Å². The van der Waals surface area contributed by atoms with E-state index in [-0.39, 0.29) is 48.2 Å². The summed E-state index contributed by atoms with van der Waals surface area (Å²) < 4.78 is 4.65. The molecule has 3 aliphatic rings. The number of halogens is 1. The lowest BCUT2D eigenvalue weighted by atomic mass is 9.71. The summed E-state index contributed by atoms with van der Waals surface area (Å²) in [5.74, 6) is -2.18. The number of anilines is 1. The fraction of sp³-hybridized carbons (Fsp3) is 0.414. The minimum Gasteiger partial charge on any atom is -0.461 e. The number of hydrogen-bond acceptors (Lipinski definition) is 6. The molecule has 200 valence electrons. The highest BCUT2D eigenvalue weighted by Gasteiger charge is 2.76. The summed E-state index contributed by atoms with van der Waals surface area (Å²) in [5.41, 5.74) is 0.720. The molecule has 0 radical (unpaired) electrons. The highest BCUT2D eigenvalue weighted by atomic mass is 79.9. The first-order valence-corrected chi connectivity index (χ1v) is 14.6. The van der Waals surface area contributed by atoms with E-state index in [4.69, 9.17) is 4.74 Å². The molecule has 1 spiro atoms. The number of alkyl halides is 1. The Hall–Kier alpha value is -2.62. The molecule has 9 heteroatoms. The van der Waals surface area contributed by atoms with Crippen molar-refractivity contribution in [1.29, 1.82) is 0 Å². The molecule has 6 atom stereocenters. The van der Waals surface area contributed by atoms with E-state index < -0.39 is 28.6 Å². The summed E-state index contributed by atoms with van der Waals surface area (Å²) in [5, 5.41) is 11.5. The first kappa shape index (κ1) is 27.0. The van der Waals surface area contributed by atoms with Crippen LogP contribution in [0.4, 0.5) is 5.69 Å². The largest absolute Gasteiger partial charge is 0.461 e. The van der Waals surface area contributed by atoms with Crippen LogP contribution in [0.25, 0.3) is 10.8 Å². The molecule has 2 aromatic carbocycles. The molecule has 5 rings (SSSR count). The van der Waals surface area contributed by atoms with Crippen LogP contribution in [0.5, 0.6) is 0 Å². The van der Waals surface area contributed by atoms with Gasteiger partial charge in [0.2, 0.25) is 5.91 Å². The molecule has 3 aliphatic heterocycles. The van der Waals surface area contributed by atoms with Gasteiger partial charge in [0.1, 0.15) is 12.6 Å². The van der Waals surface area contributed by atoms with Crippen molar-refractivity contribution in [2.45, 2.75) is 33.7 Å². The number of amides is 2. The highest BCUT2D eigenvalue weighted by molar-refractivity contribution is 9.09. The van der Waals surface area contributed by atoms with Crippen molar-refractivity contribution in [3.63, 3.8) is 0 Å². The van der Waals surface area contributed by atoms with Gasteiger partial charge in [0.05, 0.1) is 16.6 Å². The van der Waals surface area contributed by atoms with Crippen molar-refractivity contribution < 1.29 is 24.2 Å². The lowest BCUT2D eigenvalue weighted by molar-refractivity contribution is -0.153. The summed E-state index contributed by atoms with van der Waals surface area (Å²) in [4.78, 5) is 44.9. The first-order chi connectivity index (χ1) is 18.4. The maximum Gasteiger partial charge on any atom is 0.311 e. The number of ether oxygens (including phenoxy) is 1. The maximum absolute atomic E-state index is 14.5. The molecule has 3 saturated heterocycles. The number of hydrogen-bond donors (Lipinski definition) is 1. The summed E-state index contributed by atoms with van der Waals surface area (Å²) in [7, 11) is 0. The van der Waals surface area contributed by atoms with Crippen LogP contribution in [0.2, 0.25) is 0 Å². The van der Waals surface area contributed by atoms with Crippen LogP contribution < -0.4 is 4.90 Å². The van der Waals surface area contributed by atoms with Gasteiger partial charge in [0, 0.05) is 35.5 Å². The molecule has 0 saturated carbocycles. The van der Waals surface area contributed by atoms with E-state index in [2.05, 4.69) is 29.1 Å². The summed E-state index contributed by atoms with van der Waals surface area (Å²) >= 11 is 5.32. The average Bonchev–Trinajstić information content (AvgIpc) is 3.51. The topological polar surface area (TPSA) is 87.1 Å². The third-order valence-electron chi connectivity index (χ3n) is 7.82. The molecule has 38 heavy (non-hydrogen) atoms. The van der Waals surface area contributed by atoms with Crippen LogP contribution >= 0.6 is 27.7 Å². The molecule has 3 unspecified atom stereocenters. The Labute approximate surface area is 235 Å². The fourth-order valence-corrected chi connectivity index (χ4v) is 9.94. The van der Waals surface area contributed by atoms with E-state index in [0.29, 0.717) is 12.8 Å². The predicted molar refractivity (Wildman–Crippen MR) is 153 cm³/mol. The third-order valence-corrected chi connectivity index (χ3v) is 11.0. The zero-order valence-corrected chi connectivity index (χ0v) is 23.4. The monoisotopic (exact) mass is 598 g/mol. The van der Waals surface area contributed by atoms with E-state index in [9.17, 15) is 19.5 Å². The van der Waals surface area contributed by atoms with Gasteiger partial charge in [-0.2, -0.15) is 0 Å². The number of aliphatic hydroxyl groups is 1. The van der Waals surface area contributed by atoms with Crippen LogP contribution in [-0.2, 0) is 19.1 Å². The lowest BCUT2D eigenvalue weighted by Gasteiger charge is -2.37. The number of thioether (sulfide) groups is 1. The van der Waals surface area contributed by atoms with Gasteiger partial charge in [-0.1, -0.05) is 65.0 Å². The Morgan fingerprint density at radius 1 is 1.21 bits per heavy atom. The van der Waals surface area contributed by atoms with Crippen molar-refractivity contribution in [1.82, 2.24) is 4.90 Å². The number of likely N-dealkylation sites (tertiary alicyclic amines) is 1. The molecule has 2 bridgehead atoms. The van der Waals surface area contributed by atoms with E-state index >= 15 is 0 Å². The van der Waals surface area contributed by atoms with Gasteiger partial charge in [-0.25, -0.2) is 0 Å². The smallest absolute Gasteiger partial charge is 0.311 e. The van der Waals surface area contributed by atoms with E-state index in [1.54, 1.807) is 27.6 Å². The van der Waals surface area contributed by atoms with Crippen molar-refractivity contribution in [3.05, 3.63) is 67.8 Å².